The monoisotopic (exact) mass is 465 g/mol. The Balaban J connectivity index is 1.45. The van der Waals surface area contributed by atoms with Crippen LogP contribution in [0.2, 0.25) is 0 Å². The summed E-state index contributed by atoms with van der Waals surface area (Å²) in [5.74, 6) is -0.175. The first-order valence-electron chi connectivity index (χ1n) is 11.6. The van der Waals surface area contributed by atoms with E-state index < -0.39 is 12.1 Å². The van der Waals surface area contributed by atoms with Gasteiger partial charge in [0.15, 0.2) is 5.65 Å². The topological polar surface area (TPSA) is 99.2 Å². The number of aliphatic imine (C=N–C) groups is 1. The lowest BCUT2D eigenvalue weighted by molar-refractivity contribution is 0.0598. The first-order chi connectivity index (χ1) is 16.4. The molecule has 3 unspecified atom stereocenters. The van der Waals surface area contributed by atoms with Crippen LogP contribution in [0.15, 0.2) is 35.5 Å². The standard InChI is InChI=1S/C24H28FN7O2/c1-15-12-32-22(28-23(15)30-13-16(11-26-2)20(33)14-30)10-18(29-32)19-7-3-4-9-31(19)24(34)17-6-5-8-21(25)27-17/h5-6,8,10-12,16,19-20,33H,3-4,7,9,13-14H2,1-2H3. The Kier molecular flexibility index (Phi) is 5.99. The smallest absolute Gasteiger partial charge is 0.273 e. The van der Waals surface area contributed by atoms with E-state index in [9.17, 15) is 14.3 Å². The molecule has 5 rings (SSSR count). The van der Waals surface area contributed by atoms with Gasteiger partial charge < -0.3 is 19.9 Å². The van der Waals surface area contributed by atoms with Crippen molar-refractivity contribution in [1.82, 2.24) is 24.5 Å². The summed E-state index contributed by atoms with van der Waals surface area (Å²) in [7, 11) is 1.71. The van der Waals surface area contributed by atoms with Gasteiger partial charge in [-0.2, -0.15) is 9.49 Å². The molecular weight excluding hydrogens is 437 g/mol. The highest BCUT2D eigenvalue weighted by molar-refractivity contribution is 5.92. The molecule has 178 valence electrons. The number of nitrogens with zero attached hydrogens (tertiary/aromatic N) is 7. The van der Waals surface area contributed by atoms with E-state index in [-0.39, 0.29) is 23.6 Å². The highest BCUT2D eigenvalue weighted by Gasteiger charge is 2.33. The van der Waals surface area contributed by atoms with Crippen molar-refractivity contribution in [2.75, 3.05) is 31.6 Å². The second kappa shape index (κ2) is 9.09. The van der Waals surface area contributed by atoms with Gasteiger partial charge in [0.2, 0.25) is 5.95 Å². The van der Waals surface area contributed by atoms with Crippen LogP contribution in [-0.4, -0.2) is 74.5 Å². The minimum absolute atomic E-state index is 0.0267. The lowest BCUT2D eigenvalue weighted by Crippen LogP contribution is -2.39. The Morgan fingerprint density at radius 2 is 2.12 bits per heavy atom. The minimum atomic E-state index is -0.668. The molecular formula is C24H28FN7O2. The van der Waals surface area contributed by atoms with Crippen LogP contribution in [0, 0.1) is 18.8 Å². The Morgan fingerprint density at radius 3 is 2.91 bits per heavy atom. The van der Waals surface area contributed by atoms with E-state index in [1.165, 1.54) is 12.1 Å². The largest absolute Gasteiger partial charge is 0.391 e. The fraction of sp³-hybridized carbons (Fsp3) is 0.458. The zero-order chi connectivity index (χ0) is 23.8. The van der Waals surface area contributed by atoms with Gasteiger partial charge in [-0.3, -0.25) is 4.79 Å². The summed E-state index contributed by atoms with van der Waals surface area (Å²) in [6.45, 7) is 3.68. The van der Waals surface area contributed by atoms with E-state index >= 15 is 0 Å². The molecule has 0 saturated carbocycles. The van der Waals surface area contributed by atoms with Crippen molar-refractivity contribution in [1.29, 1.82) is 0 Å². The maximum Gasteiger partial charge on any atom is 0.273 e. The van der Waals surface area contributed by atoms with Crippen molar-refractivity contribution in [3.63, 3.8) is 0 Å². The van der Waals surface area contributed by atoms with Crippen molar-refractivity contribution >= 4 is 23.6 Å². The number of β-amino-alcohol motifs (C(OH)–C–C–N with tert-alkyl or cyclic N) is 1. The molecule has 2 aliphatic heterocycles. The van der Waals surface area contributed by atoms with Gasteiger partial charge in [0.1, 0.15) is 11.5 Å². The second-order valence-corrected chi connectivity index (χ2v) is 9.02. The van der Waals surface area contributed by atoms with Crippen LogP contribution in [0.3, 0.4) is 0 Å². The lowest BCUT2D eigenvalue weighted by atomic mass is 9.99. The summed E-state index contributed by atoms with van der Waals surface area (Å²) < 4.78 is 15.4. The molecule has 2 saturated heterocycles. The number of fused-ring (bicyclic) bond motifs is 1. The molecule has 2 aliphatic rings. The number of aliphatic hydroxyl groups excluding tert-OH is 1. The van der Waals surface area contributed by atoms with E-state index in [1.54, 1.807) is 28.7 Å². The van der Waals surface area contributed by atoms with Gasteiger partial charge in [-0.05, 0) is 38.3 Å². The van der Waals surface area contributed by atoms with Crippen LogP contribution in [0.5, 0.6) is 0 Å². The van der Waals surface area contributed by atoms with Gasteiger partial charge in [0.05, 0.1) is 17.8 Å². The Labute approximate surface area is 197 Å². The summed E-state index contributed by atoms with van der Waals surface area (Å²) in [5.41, 5.74) is 2.49. The number of aliphatic hydroxyl groups is 1. The molecule has 0 radical (unpaired) electrons. The first kappa shape index (κ1) is 22.4. The van der Waals surface area contributed by atoms with Crippen molar-refractivity contribution in [2.45, 2.75) is 38.3 Å². The molecule has 5 heterocycles. The number of pyridine rings is 1. The summed E-state index contributed by atoms with van der Waals surface area (Å²) in [4.78, 5) is 29.7. The molecule has 1 N–H and O–H groups in total. The van der Waals surface area contributed by atoms with E-state index in [2.05, 4.69) is 14.9 Å². The third-order valence-corrected chi connectivity index (χ3v) is 6.64. The van der Waals surface area contributed by atoms with Gasteiger partial charge >= 0.3 is 0 Å². The van der Waals surface area contributed by atoms with Crippen molar-refractivity contribution in [3.05, 3.63) is 53.4 Å². The second-order valence-electron chi connectivity index (χ2n) is 9.02. The Bertz CT molecular complexity index is 1240. The van der Waals surface area contributed by atoms with Crippen LogP contribution in [-0.2, 0) is 0 Å². The van der Waals surface area contributed by atoms with E-state index in [0.717, 1.165) is 36.3 Å². The quantitative estimate of drug-likeness (QED) is 0.469. The van der Waals surface area contributed by atoms with Crippen LogP contribution in [0.4, 0.5) is 10.2 Å². The third kappa shape index (κ3) is 4.13. The lowest BCUT2D eigenvalue weighted by Gasteiger charge is -2.34. The van der Waals surface area contributed by atoms with E-state index in [1.807, 2.05) is 19.2 Å². The molecule has 0 spiro atoms. The normalized spacial score (nSPS) is 23.4. The predicted molar refractivity (Wildman–Crippen MR) is 126 cm³/mol. The Morgan fingerprint density at radius 1 is 1.26 bits per heavy atom. The summed E-state index contributed by atoms with van der Waals surface area (Å²) in [5, 5.41) is 15.1. The highest BCUT2D eigenvalue weighted by atomic mass is 19.1. The number of hydrogen-bond donors (Lipinski definition) is 1. The average molecular weight is 466 g/mol. The zero-order valence-electron chi connectivity index (χ0n) is 19.3. The highest BCUT2D eigenvalue weighted by Crippen LogP contribution is 2.33. The van der Waals surface area contributed by atoms with Gasteiger partial charge in [-0.15, -0.1) is 0 Å². The average Bonchev–Trinajstić information content (AvgIpc) is 3.41. The molecule has 34 heavy (non-hydrogen) atoms. The molecule has 0 bridgehead atoms. The van der Waals surface area contributed by atoms with Gasteiger partial charge in [0.25, 0.3) is 5.91 Å². The minimum Gasteiger partial charge on any atom is -0.391 e. The van der Waals surface area contributed by atoms with Gasteiger partial charge in [-0.1, -0.05) is 6.07 Å². The van der Waals surface area contributed by atoms with Crippen LogP contribution in [0.25, 0.3) is 5.65 Å². The van der Waals surface area contributed by atoms with Crippen LogP contribution < -0.4 is 4.90 Å². The number of aryl methyl sites for hydroxylation is 1. The number of piperidine rings is 1. The van der Waals surface area contributed by atoms with Crippen LogP contribution in [0.1, 0.15) is 47.1 Å². The molecule has 3 atom stereocenters. The number of carbonyl (C=O) groups excluding carboxylic acids is 1. The molecule has 0 aromatic carbocycles. The third-order valence-electron chi connectivity index (χ3n) is 6.64. The zero-order valence-corrected chi connectivity index (χ0v) is 19.3. The number of hydrogen-bond acceptors (Lipinski definition) is 7. The van der Waals surface area contributed by atoms with Gasteiger partial charge in [0, 0.05) is 56.6 Å². The Hall–Kier alpha value is -3.40. The number of carbonyl (C=O) groups is 1. The first-order valence-corrected chi connectivity index (χ1v) is 11.6. The van der Waals surface area contributed by atoms with E-state index in [0.29, 0.717) is 25.3 Å². The predicted octanol–water partition coefficient (Wildman–Crippen LogP) is 2.44. The number of aromatic nitrogens is 4. The summed E-state index contributed by atoms with van der Waals surface area (Å²) >= 11 is 0. The number of halogens is 1. The number of likely N-dealkylation sites (tertiary alicyclic amines) is 1. The number of rotatable bonds is 4. The molecule has 3 aromatic rings. The van der Waals surface area contributed by atoms with Gasteiger partial charge in [-0.25, -0.2) is 14.5 Å². The number of anilines is 1. The molecule has 3 aromatic heterocycles. The fourth-order valence-electron chi connectivity index (χ4n) is 4.98. The summed E-state index contributed by atoms with van der Waals surface area (Å²) in [6.07, 6.45) is 5.86. The molecule has 2 fully saturated rings. The molecule has 0 aliphatic carbocycles. The molecule has 10 heteroatoms. The maximum atomic E-state index is 13.6. The molecule has 1 amide bonds. The SMILES string of the molecule is CN=CC1CN(c2nc3cc(C4CCCCN4C(=O)c4cccc(F)n4)nn3cc2C)CC1O. The maximum absolute atomic E-state index is 13.6. The van der Waals surface area contributed by atoms with Crippen LogP contribution >= 0.6 is 0 Å². The van der Waals surface area contributed by atoms with Crippen molar-refractivity contribution in [3.8, 4) is 0 Å². The van der Waals surface area contributed by atoms with Crippen molar-refractivity contribution in [2.24, 2.45) is 10.9 Å². The summed E-state index contributed by atoms with van der Waals surface area (Å²) in [6, 6.07) is 5.96. The fourth-order valence-corrected chi connectivity index (χ4v) is 4.98. The molecule has 9 nitrogen and oxygen atoms in total. The number of amides is 1. The van der Waals surface area contributed by atoms with E-state index in [4.69, 9.17) is 10.1 Å². The van der Waals surface area contributed by atoms with Crippen molar-refractivity contribution < 1.29 is 14.3 Å².